The Kier molecular flexibility index (Phi) is 7.16. The Morgan fingerprint density at radius 3 is 2.40 bits per heavy atom. The third-order valence-electron chi connectivity index (χ3n) is 4.45. The quantitative estimate of drug-likeness (QED) is 0.517. The number of amides is 1. The van der Waals surface area contributed by atoms with Gasteiger partial charge in [0.25, 0.3) is 5.91 Å². The fourth-order valence-electron chi connectivity index (χ4n) is 3.05. The van der Waals surface area contributed by atoms with Crippen molar-refractivity contribution < 1.29 is 19.0 Å². The van der Waals surface area contributed by atoms with Gasteiger partial charge in [0.1, 0.15) is 11.4 Å². The highest BCUT2D eigenvalue weighted by atomic mass is 16.7. The van der Waals surface area contributed by atoms with Gasteiger partial charge in [0.15, 0.2) is 5.69 Å². The van der Waals surface area contributed by atoms with E-state index in [1.807, 2.05) is 56.3 Å². The fraction of sp³-hybridized carbons (Fsp3) is 0.318. The summed E-state index contributed by atoms with van der Waals surface area (Å²) in [6.45, 7) is 4.64. The van der Waals surface area contributed by atoms with Gasteiger partial charge in [-0.1, -0.05) is 6.07 Å². The summed E-state index contributed by atoms with van der Waals surface area (Å²) in [4.78, 5) is 17.1. The Morgan fingerprint density at radius 2 is 1.80 bits per heavy atom. The zero-order chi connectivity index (χ0) is 21.4. The number of nitrogens with zero attached hydrogens (tertiary/aromatic N) is 3. The summed E-state index contributed by atoms with van der Waals surface area (Å²) >= 11 is 0. The number of methoxy groups -OCH3 is 1. The molecule has 0 spiro atoms. The minimum atomic E-state index is -1.17. The van der Waals surface area contributed by atoms with Crippen molar-refractivity contribution in [3.8, 4) is 11.4 Å². The molecule has 1 amide bonds. The lowest BCUT2D eigenvalue weighted by Crippen LogP contribution is -2.45. The molecule has 0 saturated carbocycles. The van der Waals surface area contributed by atoms with Gasteiger partial charge < -0.3 is 19.5 Å². The third kappa shape index (κ3) is 4.84. The molecule has 0 bridgehead atoms. The number of hydrogen-bond donors (Lipinski definition) is 1. The summed E-state index contributed by atoms with van der Waals surface area (Å²) in [6, 6.07) is 14.5. The molecular weight excluding hydrogens is 384 g/mol. The Bertz CT molecular complexity index is 935. The van der Waals surface area contributed by atoms with E-state index in [-0.39, 0.29) is 18.1 Å². The maximum absolute atomic E-state index is 12.7. The molecule has 1 aromatic carbocycles. The second-order valence-corrected chi connectivity index (χ2v) is 6.36. The first-order chi connectivity index (χ1) is 14.6. The van der Waals surface area contributed by atoms with Crippen molar-refractivity contribution in [2.24, 2.45) is 0 Å². The van der Waals surface area contributed by atoms with Crippen molar-refractivity contribution in [1.29, 1.82) is 0 Å². The molecule has 2 aromatic heterocycles. The van der Waals surface area contributed by atoms with Gasteiger partial charge in [0.2, 0.25) is 5.79 Å². The second kappa shape index (κ2) is 10.00. The summed E-state index contributed by atoms with van der Waals surface area (Å²) in [6.07, 6.45) is 3.40. The molecule has 0 aliphatic heterocycles. The van der Waals surface area contributed by atoms with E-state index >= 15 is 0 Å². The number of hydrogen-bond acceptors (Lipinski definition) is 6. The highest BCUT2D eigenvalue weighted by Gasteiger charge is 2.36. The first-order valence-corrected chi connectivity index (χ1v) is 9.79. The zero-order valence-electron chi connectivity index (χ0n) is 17.4. The van der Waals surface area contributed by atoms with Gasteiger partial charge in [0, 0.05) is 25.6 Å². The standard InChI is InChI=1S/C22H26N4O4/c1-4-29-22(30-5-2,20-8-6-7-14-23-20)16-24-21(27)19-13-15-26(25-19)17-9-11-18(28-3)12-10-17/h6-15H,4-5,16H2,1-3H3,(H,24,27). The highest BCUT2D eigenvalue weighted by molar-refractivity contribution is 5.92. The highest BCUT2D eigenvalue weighted by Crippen LogP contribution is 2.25. The van der Waals surface area contributed by atoms with Gasteiger partial charge in [-0.15, -0.1) is 0 Å². The van der Waals surface area contributed by atoms with E-state index in [4.69, 9.17) is 14.2 Å². The van der Waals surface area contributed by atoms with Crippen LogP contribution in [0.25, 0.3) is 5.69 Å². The number of ether oxygens (including phenoxy) is 3. The Morgan fingerprint density at radius 1 is 1.07 bits per heavy atom. The SMILES string of the molecule is CCOC(CNC(=O)c1ccn(-c2ccc(OC)cc2)n1)(OCC)c1ccccn1. The predicted octanol–water partition coefficient (Wildman–Crippen LogP) is 2.93. The van der Waals surface area contributed by atoms with E-state index < -0.39 is 5.79 Å². The van der Waals surface area contributed by atoms with Crippen LogP contribution in [0.5, 0.6) is 5.75 Å². The Balaban J connectivity index is 1.74. The van der Waals surface area contributed by atoms with Gasteiger partial charge in [0.05, 0.1) is 19.3 Å². The number of carbonyl (C=O) groups excluding carboxylic acids is 1. The van der Waals surface area contributed by atoms with Gasteiger partial charge in [-0.25, -0.2) is 4.68 Å². The van der Waals surface area contributed by atoms with Crippen molar-refractivity contribution in [2.45, 2.75) is 19.6 Å². The molecule has 0 radical (unpaired) electrons. The largest absolute Gasteiger partial charge is 0.497 e. The molecule has 0 aliphatic carbocycles. The van der Waals surface area contributed by atoms with E-state index in [0.717, 1.165) is 11.4 Å². The summed E-state index contributed by atoms with van der Waals surface area (Å²) in [7, 11) is 1.61. The van der Waals surface area contributed by atoms with Crippen molar-refractivity contribution in [2.75, 3.05) is 26.9 Å². The molecule has 8 nitrogen and oxygen atoms in total. The molecule has 8 heteroatoms. The van der Waals surface area contributed by atoms with Crippen molar-refractivity contribution >= 4 is 5.91 Å². The van der Waals surface area contributed by atoms with Crippen LogP contribution in [0.2, 0.25) is 0 Å². The lowest BCUT2D eigenvalue weighted by atomic mass is 10.1. The number of aromatic nitrogens is 3. The number of benzene rings is 1. The molecule has 30 heavy (non-hydrogen) atoms. The van der Waals surface area contributed by atoms with Crippen LogP contribution in [0, 0.1) is 0 Å². The van der Waals surface area contributed by atoms with Crippen LogP contribution >= 0.6 is 0 Å². The smallest absolute Gasteiger partial charge is 0.271 e. The van der Waals surface area contributed by atoms with Crippen LogP contribution in [-0.4, -0.2) is 47.5 Å². The van der Waals surface area contributed by atoms with Gasteiger partial charge >= 0.3 is 0 Å². The molecule has 0 unspecified atom stereocenters. The molecule has 3 aromatic rings. The van der Waals surface area contributed by atoms with Crippen LogP contribution < -0.4 is 10.1 Å². The topological polar surface area (TPSA) is 87.5 Å². The molecule has 2 heterocycles. The van der Waals surface area contributed by atoms with Crippen LogP contribution in [-0.2, 0) is 15.3 Å². The van der Waals surface area contributed by atoms with E-state index in [1.165, 1.54) is 0 Å². The Hall–Kier alpha value is -3.23. The molecule has 158 valence electrons. The van der Waals surface area contributed by atoms with Crippen molar-refractivity contribution in [3.05, 3.63) is 72.3 Å². The molecule has 0 atom stereocenters. The van der Waals surface area contributed by atoms with Gasteiger partial charge in [-0.05, 0) is 56.3 Å². The first-order valence-electron chi connectivity index (χ1n) is 9.79. The van der Waals surface area contributed by atoms with E-state index in [2.05, 4.69) is 15.4 Å². The number of rotatable bonds is 10. The maximum atomic E-state index is 12.7. The minimum absolute atomic E-state index is 0.0971. The average Bonchev–Trinajstić information content (AvgIpc) is 3.29. The van der Waals surface area contributed by atoms with E-state index in [0.29, 0.717) is 18.9 Å². The fourth-order valence-corrected chi connectivity index (χ4v) is 3.05. The second-order valence-electron chi connectivity index (χ2n) is 6.36. The van der Waals surface area contributed by atoms with Gasteiger partial charge in [-0.2, -0.15) is 5.10 Å². The van der Waals surface area contributed by atoms with Crippen LogP contribution in [0.4, 0.5) is 0 Å². The van der Waals surface area contributed by atoms with E-state index in [9.17, 15) is 4.79 Å². The van der Waals surface area contributed by atoms with E-state index in [1.54, 1.807) is 30.3 Å². The van der Waals surface area contributed by atoms with Gasteiger partial charge in [-0.3, -0.25) is 9.78 Å². The molecular formula is C22H26N4O4. The summed E-state index contributed by atoms with van der Waals surface area (Å²) in [5.41, 5.74) is 1.70. The molecule has 0 saturated heterocycles. The minimum Gasteiger partial charge on any atom is -0.497 e. The third-order valence-corrected chi connectivity index (χ3v) is 4.45. The lowest BCUT2D eigenvalue weighted by Gasteiger charge is -2.32. The van der Waals surface area contributed by atoms with Crippen molar-refractivity contribution in [1.82, 2.24) is 20.1 Å². The lowest BCUT2D eigenvalue weighted by molar-refractivity contribution is -0.240. The average molecular weight is 410 g/mol. The van der Waals surface area contributed by atoms with Crippen LogP contribution in [0.15, 0.2) is 60.9 Å². The zero-order valence-corrected chi connectivity index (χ0v) is 17.4. The normalized spacial score (nSPS) is 11.3. The summed E-state index contributed by atoms with van der Waals surface area (Å²) in [5.74, 6) is -0.748. The number of carbonyl (C=O) groups is 1. The maximum Gasteiger partial charge on any atom is 0.271 e. The summed E-state index contributed by atoms with van der Waals surface area (Å²) < 4.78 is 18.6. The molecule has 1 N–H and O–H groups in total. The molecule has 3 rings (SSSR count). The van der Waals surface area contributed by atoms with Crippen LogP contribution in [0.1, 0.15) is 30.0 Å². The van der Waals surface area contributed by atoms with Crippen LogP contribution in [0.3, 0.4) is 0 Å². The molecule has 0 fully saturated rings. The Labute approximate surface area is 175 Å². The summed E-state index contributed by atoms with van der Waals surface area (Å²) in [5, 5.41) is 7.23. The molecule has 0 aliphatic rings. The van der Waals surface area contributed by atoms with Crippen molar-refractivity contribution in [3.63, 3.8) is 0 Å². The number of pyridine rings is 1. The monoisotopic (exact) mass is 410 g/mol. The first kappa shape index (κ1) is 21.5. The number of nitrogens with one attached hydrogen (secondary N) is 1. The predicted molar refractivity (Wildman–Crippen MR) is 112 cm³/mol.